The summed E-state index contributed by atoms with van der Waals surface area (Å²) in [6, 6.07) is 10.3. The molecule has 0 atom stereocenters. The van der Waals surface area contributed by atoms with E-state index in [2.05, 4.69) is 9.97 Å². The number of halogens is 2. The van der Waals surface area contributed by atoms with E-state index in [1.807, 2.05) is 18.2 Å². The fourth-order valence-electron chi connectivity index (χ4n) is 4.48. The van der Waals surface area contributed by atoms with Gasteiger partial charge in [0.2, 0.25) is 0 Å². The van der Waals surface area contributed by atoms with Crippen molar-refractivity contribution in [2.45, 2.75) is 59.0 Å². The molecule has 37 heavy (non-hydrogen) atoms. The number of aliphatic carboxylic acids is 1. The van der Waals surface area contributed by atoms with Gasteiger partial charge in [-0.05, 0) is 80.3 Å². The van der Waals surface area contributed by atoms with Gasteiger partial charge in [0.05, 0.1) is 29.7 Å². The van der Waals surface area contributed by atoms with Crippen LogP contribution in [0.1, 0.15) is 50.1 Å². The first kappa shape index (κ1) is 26.4. The molecule has 2 aromatic carbocycles. The maximum atomic E-state index is 13.9. The third kappa shape index (κ3) is 5.69. The number of nitrogens with zero attached hydrogens (tertiary/aromatic N) is 2. The highest BCUT2D eigenvalue weighted by molar-refractivity contribution is 6.07. The smallest absolute Gasteiger partial charge is 0.307 e. The Balaban J connectivity index is 0.000000586. The lowest BCUT2D eigenvalue weighted by Gasteiger charge is -2.22. The van der Waals surface area contributed by atoms with Crippen LogP contribution in [0.5, 0.6) is 5.75 Å². The first-order valence-corrected chi connectivity index (χ1v) is 12.0. The van der Waals surface area contributed by atoms with Gasteiger partial charge in [0.1, 0.15) is 11.4 Å². The van der Waals surface area contributed by atoms with Gasteiger partial charge in [-0.1, -0.05) is 6.07 Å². The second kappa shape index (κ2) is 9.67. The van der Waals surface area contributed by atoms with E-state index in [0.717, 1.165) is 35.6 Å². The molecular weight excluding hydrogens is 478 g/mol. The summed E-state index contributed by atoms with van der Waals surface area (Å²) < 4.78 is 33.7. The van der Waals surface area contributed by atoms with Gasteiger partial charge < -0.3 is 14.9 Å². The highest BCUT2D eigenvalue weighted by Crippen LogP contribution is 2.42. The summed E-state index contributed by atoms with van der Waals surface area (Å²) in [5.74, 6) is -3.32. The predicted molar refractivity (Wildman–Crippen MR) is 139 cm³/mol. The lowest BCUT2D eigenvalue weighted by Crippen LogP contribution is -2.11. The fraction of sp³-hybridized carbons (Fsp3) is 0.345. The lowest BCUT2D eigenvalue weighted by molar-refractivity contribution is -0.136. The molecule has 6 nitrogen and oxygen atoms in total. The van der Waals surface area contributed by atoms with Crippen LogP contribution in [0.15, 0.2) is 42.6 Å². The number of pyridine rings is 2. The highest BCUT2D eigenvalue weighted by atomic mass is 19.3. The van der Waals surface area contributed by atoms with Crippen molar-refractivity contribution in [3.63, 3.8) is 0 Å². The molecule has 0 fully saturated rings. The van der Waals surface area contributed by atoms with E-state index in [0.29, 0.717) is 39.7 Å². The average Bonchev–Trinajstić information content (AvgIpc) is 2.78. The molecule has 0 aliphatic carbocycles. The Bertz CT molecular complexity index is 1490. The van der Waals surface area contributed by atoms with Gasteiger partial charge in [-0.25, -0.2) is 4.98 Å². The topological polar surface area (TPSA) is 92.5 Å². The summed E-state index contributed by atoms with van der Waals surface area (Å²) in [5.41, 5.74) is 4.05. The van der Waals surface area contributed by atoms with Gasteiger partial charge in [-0.15, -0.1) is 0 Å². The first-order chi connectivity index (χ1) is 17.2. The minimum Gasteiger partial charge on any atom is -0.493 e. The lowest BCUT2D eigenvalue weighted by atomic mass is 9.87. The molecule has 0 unspecified atom stereocenters. The SMILES string of the molecule is CC(C)(C)O.Cc1cc2nc(C(C)(F)F)ccc2c(-c2ccc3c4c(ccnc24)CCO3)c1CC(=O)O. The van der Waals surface area contributed by atoms with Crippen LogP contribution in [-0.4, -0.2) is 38.4 Å². The van der Waals surface area contributed by atoms with Crippen molar-refractivity contribution in [3.8, 4) is 16.9 Å². The maximum Gasteiger partial charge on any atom is 0.307 e. The van der Waals surface area contributed by atoms with Crippen LogP contribution < -0.4 is 4.74 Å². The average molecular weight is 509 g/mol. The van der Waals surface area contributed by atoms with Crippen LogP contribution in [0.2, 0.25) is 0 Å². The number of aryl methyl sites for hydroxylation is 1. The molecule has 0 saturated carbocycles. The molecule has 5 rings (SSSR count). The van der Waals surface area contributed by atoms with E-state index in [4.69, 9.17) is 9.84 Å². The summed E-state index contributed by atoms with van der Waals surface area (Å²) in [6.45, 7) is 8.40. The number of aliphatic hydroxyl groups is 1. The monoisotopic (exact) mass is 508 g/mol. The van der Waals surface area contributed by atoms with E-state index in [1.165, 1.54) is 6.07 Å². The molecule has 2 aromatic heterocycles. The van der Waals surface area contributed by atoms with Crippen molar-refractivity contribution in [2.24, 2.45) is 0 Å². The number of carboxylic acid groups (broad SMARTS) is 1. The molecule has 0 amide bonds. The molecule has 0 radical (unpaired) electrons. The number of hydrogen-bond donors (Lipinski definition) is 2. The summed E-state index contributed by atoms with van der Waals surface area (Å²) in [6.07, 6.45) is 2.28. The van der Waals surface area contributed by atoms with E-state index < -0.39 is 17.5 Å². The molecule has 194 valence electrons. The molecule has 1 aliphatic heterocycles. The number of ether oxygens (including phenoxy) is 1. The van der Waals surface area contributed by atoms with Gasteiger partial charge in [-0.2, -0.15) is 8.78 Å². The van der Waals surface area contributed by atoms with Crippen molar-refractivity contribution in [1.82, 2.24) is 9.97 Å². The van der Waals surface area contributed by atoms with Gasteiger partial charge in [0, 0.05) is 35.9 Å². The van der Waals surface area contributed by atoms with Gasteiger partial charge in [0.25, 0.3) is 5.92 Å². The highest BCUT2D eigenvalue weighted by Gasteiger charge is 2.28. The quantitative estimate of drug-likeness (QED) is 0.341. The zero-order chi connectivity index (χ0) is 27.1. The Labute approximate surface area is 214 Å². The number of rotatable bonds is 4. The van der Waals surface area contributed by atoms with Crippen LogP contribution in [-0.2, 0) is 23.6 Å². The fourth-order valence-corrected chi connectivity index (χ4v) is 4.48. The van der Waals surface area contributed by atoms with Crippen molar-refractivity contribution in [3.05, 3.63) is 65.0 Å². The van der Waals surface area contributed by atoms with Crippen molar-refractivity contribution in [1.29, 1.82) is 0 Å². The predicted octanol–water partition coefficient (Wildman–Crippen LogP) is 6.21. The van der Waals surface area contributed by atoms with E-state index in [1.54, 1.807) is 46.0 Å². The second-order valence-electron chi connectivity index (χ2n) is 10.3. The molecule has 1 aliphatic rings. The Morgan fingerprint density at radius 3 is 2.46 bits per heavy atom. The summed E-state index contributed by atoms with van der Waals surface area (Å²) in [7, 11) is 0. The number of benzene rings is 2. The van der Waals surface area contributed by atoms with Crippen molar-refractivity contribution >= 4 is 27.8 Å². The zero-order valence-electron chi connectivity index (χ0n) is 21.5. The van der Waals surface area contributed by atoms with E-state index in [9.17, 15) is 18.7 Å². The summed E-state index contributed by atoms with van der Waals surface area (Å²) in [5, 5.41) is 19.6. The van der Waals surface area contributed by atoms with Gasteiger partial charge in [-0.3, -0.25) is 9.78 Å². The van der Waals surface area contributed by atoms with Crippen LogP contribution in [0, 0.1) is 6.92 Å². The molecule has 4 aromatic rings. The van der Waals surface area contributed by atoms with Crippen molar-refractivity contribution in [2.75, 3.05) is 6.61 Å². The van der Waals surface area contributed by atoms with E-state index >= 15 is 0 Å². The van der Waals surface area contributed by atoms with Gasteiger partial charge >= 0.3 is 5.97 Å². The Hall–Kier alpha value is -3.65. The summed E-state index contributed by atoms with van der Waals surface area (Å²) in [4.78, 5) is 20.5. The van der Waals surface area contributed by atoms with E-state index in [-0.39, 0.29) is 12.1 Å². The molecule has 0 bridgehead atoms. The van der Waals surface area contributed by atoms with Crippen LogP contribution in [0.4, 0.5) is 8.78 Å². The second-order valence-corrected chi connectivity index (χ2v) is 10.3. The third-order valence-electron chi connectivity index (χ3n) is 5.94. The number of carboxylic acids is 1. The third-order valence-corrected chi connectivity index (χ3v) is 5.94. The number of carbonyl (C=O) groups is 1. The maximum absolute atomic E-state index is 13.9. The Morgan fingerprint density at radius 2 is 1.81 bits per heavy atom. The largest absolute Gasteiger partial charge is 0.493 e. The van der Waals surface area contributed by atoms with Gasteiger partial charge in [0.15, 0.2) is 0 Å². The number of alkyl halides is 2. The molecule has 2 N–H and O–H groups in total. The minimum absolute atomic E-state index is 0.206. The first-order valence-electron chi connectivity index (χ1n) is 12.0. The number of hydrogen-bond acceptors (Lipinski definition) is 5. The van der Waals surface area contributed by atoms with Crippen molar-refractivity contribution < 1.29 is 28.5 Å². The Morgan fingerprint density at radius 1 is 1.11 bits per heavy atom. The minimum atomic E-state index is -3.08. The number of aromatic nitrogens is 2. The van der Waals surface area contributed by atoms with Crippen LogP contribution in [0.25, 0.3) is 32.9 Å². The van der Waals surface area contributed by atoms with Crippen LogP contribution in [0.3, 0.4) is 0 Å². The molecule has 0 spiro atoms. The number of fused-ring (bicyclic) bond motifs is 1. The van der Waals surface area contributed by atoms with Crippen LogP contribution >= 0.6 is 0 Å². The summed E-state index contributed by atoms with van der Waals surface area (Å²) >= 11 is 0. The molecule has 8 heteroatoms. The zero-order valence-corrected chi connectivity index (χ0v) is 21.5. The molecular formula is C29H30F2N2O4. The standard InChI is InChI=1S/C25H20F2N2O3.C4H10O/c1-13-11-18-15(4-6-20(29-18)25(2,26)27)23(17(13)12-21(30)31)16-3-5-19-22-14(8-10-32-19)7-9-28-24(16)22;1-4(2,3)5/h3-7,9,11H,8,10,12H2,1-2H3,(H,30,31);5H,1-3H3. The molecule has 3 heterocycles. The molecule has 0 saturated heterocycles. The Kier molecular flexibility index (Phi) is 6.90. The normalized spacial score (nSPS) is 13.2.